The van der Waals surface area contributed by atoms with Crippen LogP contribution in [0.2, 0.25) is 0 Å². The van der Waals surface area contributed by atoms with Crippen LogP contribution < -0.4 is 10.2 Å². The summed E-state index contributed by atoms with van der Waals surface area (Å²) < 4.78 is 7.63. The SMILES string of the molecule is Cc1oc(-c2ccc(NC(=O)c3ccc(N(C)C)cc3)cc2)nc1Cn1cccn1. The summed E-state index contributed by atoms with van der Waals surface area (Å²) in [5, 5.41) is 7.12. The Morgan fingerprint density at radius 2 is 1.83 bits per heavy atom. The predicted molar refractivity (Wildman–Crippen MR) is 117 cm³/mol. The lowest BCUT2D eigenvalue weighted by atomic mass is 10.1. The highest BCUT2D eigenvalue weighted by atomic mass is 16.4. The first kappa shape index (κ1) is 19.4. The standard InChI is InChI=1S/C23H23N5O2/c1-16-21(15-28-14-4-13-24-28)26-23(30-16)18-5-9-19(10-6-18)25-22(29)17-7-11-20(12-8-17)27(2)3/h4-14H,15H2,1-3H3,(H,25,29). The molecule has 1 N–H and O–H groups in total. The minimum atomic E-state index is -0.151. The number of aryl methyl sites for hydroxylation is 1. The molecule has 0 radical (unpaired) electrons. The van der Waals surface area contributed by atoms with Gasteiger partial charge in [0.25, 0.3) is 5.91 Å². The number of benzene rings is 2. The fraction of sp³-hybridized carbons (Fsp3) is 0.174. The number of aromatic nitrogens is 3. The summed E-state index contributed by atoms with van der Waals surface area (Å²) >= 11 is 0. The van der Waals surface area contributed by atoms with Crippen molar-refractivity contribution in [2.45, 2.75) is 13.5 Å². The largest absolute Gasteiger partial charge is 0.441 e. The molecule has 7 nitrogen and oxygen atoms in total. The normalized spacial score (nSPS) is 10.8. The maximum atomic E-state index is 12.5. The highest BCUT2D eigenvalue weighted by Gasteiger charge is 2.13. The number of nitrogens with zero attached hydrogens (tertiary/aromatic N) is 4. The van der Waals surface area contributed by atoms with E-state index in [2.05, 4.69) is 15.4 Å². The van der Waals surface area contributed by atoms with Crippen molar-refractivity contribution in [2.75, 3.05) is 24.3 Å². The van der Waals surface area contributed by atoms with Crippen LogP contribution in [0.5, 0.6) is 0 Å². The van der Waals surface area contributed by atoms with Crippen LogP contribution in [0.1, 0.15) is 21.8 Å². The molecule has 2 aromatic heterocycles. The van der Waals surface area contributed by atoms with Crippen molar-refractivity contribution in [1.29, 1.82) is 0 Å². The summed E-state index contributed by atoms with van der Waals surface area (Å²) in [7, 11) is 3.93. The first-order valence-corrected chi connectivity index (χ1v) is 9.62. The number of rotatable bonds is 6. The van der Waals surface area contributed by atoms with Gasteiger partial charge in [0.1, 0.15) is 11.5 Å². The van der Waals surface area contributed by atoms with E-state index in [4.69, 9.17) is 4.42 Å². The second kappa shape index (κ2) is 8.24. The highest BCUT2D eigenvalue weighted by Crippen LogP contribution is 2.24. The number of oxazole rings is 1. The van der Waals surface area contributed by atoms with Gasteiger partial charge in [-0.05, 0) is 61.5 Å². The molecule has 1 amide bonds. The van der Waals surface area contributed by atoms with Gasteiger partial charge in [-0.3, -0.25) is 9.48 Å². The lowest BCUT2D eigenvalue weighted by molar-refractivity contribution is 0.102. The van der Waals surface area contributed by atoms with E-state index < -0.39 is 0 Å². The molecule has 0 spiro atoms. The summed E-state index contributed by atoms with van der Waals surface area (Å²) in [6.45, 7) is 2.45. The van der Waals surface area contributed by atoms with Crippen molar-refractivity contribution in [1.82, 2.24) is 14.8 Å². The van der Waals surface area contributed by atoms with E-state index in [-0.39, 0.29) is 5.91 Å². The van der Waals surface area contributed by atoms with Crippen LogP contribution in [0.25, 0.3) is 11.5 Å². The Labute approximate surface area is 175 Å². The molecule has 7 heteroatoms. The van der Waals surface area contributed by atoms with Gasteiger partial charge in [-0.25, -0.2) is 4.98 Å². The van der Waals surface area contributed by atoms with E-state index in [1.54, 1.807) is 10.9 Å². The first-order valence-electron chi connectivity index (χ1n) is 9.62. The Bertz CT molecular complexity index is 1130. The molecule has 0 bridgehead atoms. The fourth-order valence-electron chi connectivity index (χ4n) is 3.06. The van der Waals surface area contributed by atoms with Crippen molar-refractivity contribution in [3.63, 3.8) is 0 Å². The van der Waals surface area contributed by atoms with Crippen molar-refractivity contribution < 1.29 is 9.21 Å². The van der Waals surface area contributed by atoms with E-state index in [1.165, 1.54) is 0 Å². The first-order chi connectivity index (χ1) is 14.5. The van der Waals surface area contributed by atoms with E-state index in [0.29, 0.717) is 23.7 Å². The number of anilines is 2. The summed E-state index contributed by atoms with van der Waals surface area (Å²) in [5.41, 5.74) is 4.05. The maximum Gasteiger partial charge on any atom is 0.255 e. The summed E-state index contributed by atoms with van der Waals surface area (Å²) in [6.07, 6.45) is 3.62. The van der Waals surface area contributed by atoms with Gasteiger partial charge < -0.3 is 14.6 Å². The zero-order valence-corrected chi connectivity index (χ0v) is 17.2. The van der Waals surface area contributed by atoms with Crippen molar-refractivity contribution in [2.24, 2.45) is 0 Å². The number of carbonyl (C=O) groups is 1. The van der Waals surface area contributed by atoms with Gasteiger partial charge in [-0.15, -0.1) is 0 Å². The Morgan fingerprint density at radius 3 is 2.47 bits per heavy atom. The number of hydrogen-bond acceptors (Lipinski definition) is 5. The Morgan fingerprint density at radius 1 is 1.10 bits per heavy atom. The lowest BCUT2D eigenvalue weighted by Crippen LogP contribution is -2.13. The molecule has 4 rings (SSSR count). The molecular formula is C23H23N5O2. The molecule has 0 saturated heterocycles. The van der Waals surface area contributed by atoms with Crippen molar-refractivity contribution >= 4 is 17.3 Å². The van der Waals surface area contributed by atoms with E-state index >= 15 is 0 Å². The second-order valence-electron chi connectivity index (χ2n) is 7.20. The molecule has 2 aromatic carbocycles. The van der Waals surface area contributed by atoms with Crippen LogP contribution in [0.15, 0.2) is 71.4 Å². The molecule has 2 heterocycles. The molecule has 4 aromatic rings. The Hall–Kier alpha value is -3.87. The third-order valence-corrected chi connectivity index (χ3v) is 4.80. The molecule has 0 saturated carbocycles. The van der Waals surface area contributed by atoms with Crippen LogP contribution in [-0.4, -0.2) is 34.8 Å². The maximum absolute atomic E-state index is 12.5. The van der Waals surface area contributed by atoms with Crippen LogP contribution in [-0.2, 0) is 6.54 Å². The average molecular weight is 401 g/mol. The third-order valence-electron chi connectivity index (χ3n) is 4.80. The molecule has 0 aliphatic heterocycles. The van der Waals surface area contributed by atoms with E-state index in [1.807, 2.05) is 86.7 Å². The third kappa shape index (κ3) is 4.25. The Balaban J connectivity index is 1.44. The molecule has 0 aliphatic rings. The smallest absolute Gasteiger partial charge is 0.255 e. The summed E-state index contributed by atoms with van der Waals surface area (Å²) in [5.74, 6) is 1.16. The zero-order valence-electron chi connectivity index (χ0n) is 17.2. The second-order valence-corrected chi connectivity index (χ2v) is 7.20. The highest BCUT2D eigenvalue weighted by molar-refractivity contribution is 6.04. The van der Waals surface area contributed by atoms with Crippen LogP contribution in [0, 0.1) is 6.92 Å². The summed E-state index contributed by atoms with van der Waals surface area (Å²) in [6, 6.07) is 16.8. The predicted octanol–water partition coefficient (Wildman–Crippen LogP) is 4.21. The monoisotopic (exact) mass is 401 g/mol. The topological polar surface area (TPSA) is 76.2 Å². The number of hydrogen-bond donors (Lipinski definition) is 1. The van der Waals surface area contributed by atoms with Crippen LogP contribution in [0.4, 0.5) is 11.4 Å². The zero-order chi connectivity index (χ0) is 21.1. The van der Waals surface area contributed by atoms with Crippen molar-refractivity contribution in [3.8, 4) is 11.5 Å². The van der Waals surface area contributed by atoms with E-state index in [9.17, 15) is 4.79 Å². The molecule has 0 atom stereocenters. The fourth-order valence-corrected chi connectivity index (χ4v) is 3.06. The minimum Gasteiger partial charge on any atom is -0.441 e. The quantitative estimate of drug-likeness (QED) is 0.524. The van der Waals surface area contributed by atoms with Gasteiger partial charge in [0.2, 0.25) is 5.89 Å². The molecule has 0 fully saturated rings. The average Bonchev–Trinajstić information content (AvgIpc) is 3.39. The van der Waals surface area contributed by atoms with Crippen molar-refractivity contribution in [3.05, 3.63) is 84.0 Å². The van der Waals surface area contributed by atoms with Gasteiger partial charge in [-0.2, -0.15) is 5.10 Å². The van der Waals surface area contributed by atoms with Gasteiger partial charge in [0, 0.05) is 49.0 Å². The number of carbonyl (C=O) groups excluding carboxylic acids is 1. The number of amides is 1. The lowest BCUT2D eigenvalue weighted by Gasteiger charge is -2.12. The van der Waals surface area contributed by atoms with Gasteiger partial charge in [0.15, 0.2) is 0 Å². The van der Waals surface area contributed by atoms with E-state index in [0.717, 1.165) is 22.7 Å². The molecule has 0 aliphatic carbocycles. The van der Waals surface area contributed by atoms with Gasteiger partial charge in [0.05, 0.1) is 6.54 Å². The molecule has 30 heavy (non-hydrogen) atoms. The molecule has 152 valence electrons. The van der Waals surface area contributed by atoms with Gasteiger partial charge >= 0.3 is 0 Å². The van der Waals surface area contributed by atoms with Gasteiger partial charge in [-0.1, -0.05) is 0 Å². The summed E-state index contributed by atoms with van der Waals surface area (Å²) in [4.78, 5) is 19.1. The molecule has 0 unspecified atom stereocenters. The number of nitrogens with one attached hydrogen (secondary N) is 1. The van der Waals surface area contributed by atoms with Crippen LogP contribution >= 0.6 is 0 Å². The minimum absolute atomic E-state index is 0.151. The molecular weight excluding hydrogens is 378 g/mol. The Kier molecular flexibility index (Phi) is 5.34. The van der Waals surface area contributed by atoms with Crippen LogP contribution in [0.3, 0.4) is 0 Å².